The van der Waals surface area contributed by atoms with Crippen molar-refractivity contribution in [1.29, 1.82) is 0 Å². The predicted molar refractivity (Wildman–Crippen MR) is 118 cm³/mol. The van der Waals surface area contributed by atoms with E-state index in [1.54, 1.807) is 0 Å². The number of carboxylic acids is 1. The van der Waals surface area contributed by atoms with Crippen LogP contribution in [0.5, 0.6) is 0 Å². The smallest absolute Gasteiger partial charge is 0.407 e. The Kier molecular flexibility index (Phi) is 5.32. The number of benzene rings is 2. The zero-order chi connectivity index (χ0) is 23.2. The first-order valence-electron chi connectivity index (χ1n) is 11.2. The van der Waals surface area contributed by atoms with Crippen LogP contribution in [0.15, 0.2) is 48.5 Å². The Balaban J connectivity index is 1.15. The molecular weight excluding hydrogens is 424 g/mol. The molecule has 1 unspecified atom stereocenters. The number of alkyl carbamates (subject to hydrolysis) is 1. The molecule has 5 rings (SSSR count). The number of hydrogen-bond donors (Lipinski definition) is 3. The second-order valence-corrected chi connectivity index (χ2v) is 9.19. The van der Waals surface area contributed by atoms with Gasteiger partial charge < -0.3 is 15.2 Å². The second kappa shape index (κ2) is 8.19. The number of nitrogens with one attached hydrogen (secondary N) is 2. The average Bonchev–Trinajstić information content (AvgIpc) is 3.24. The molecule has 2 saturated carbocycles. The van der Waals surface area contributed by atoms with Crippen molar-refractivity contribution >= 4 is 18.0 Å². The van der Waals surface area contributed by atoms with E-state index >= 15 is 0 Å². The van der Waals surface area contributed by atoms with E-state index in [0.29, 0.717) is 19.3 Å². The fourth-order valence-corrected chi connectivity index (χ4v) is 5.39. The summed E-state index contributed by atoms with van der Waals surface area (Å²) in [4.78, 5) is 40.8. The standard InChI is InChI=1S/C25H26N2O6/c1-14(22(28)29)33-27-23(30)25-11-15(25)10-16(12-25)26-24(31)32-13-21-19-8-4-2-6-17(19)18-7-3-5-9-20(18)21/h2-9,14-16,21H,10-13H2,1H3,(H,26,31)(H,27,30)(H,28,29)/t14?,15-,16+,25+/m1/s1. The van der Waals surface area contributed by atoms with Gasteiger partial charge in [-0.15, -0.1) is 0 Å². The van der Waals surface area contributed by atoms with Crippen LogP contribution >= 0.6 is 0 Å². The molecule has 0 heterocycles. The van der Waals surface area contributed by atoms with Gasteiger partial charge in [0.05, 0.1) is 5.41 Å². The SMILES string of the molecule is CC(ONC(=O)[C@@]12C[C@@H](NC(=O)OCC3c4ccccc4-c4ccccc43)C[C@@H]1C2)C(=O)O. The van der Waals surface area contributed by atoms with Crippen molar-refractivity contribution in [2.24, 2.45) is 11.3 Å². The van der Waals surface area contributed by atoms with E-state index in [0.717, 1.165) is 11.1 Å². The monoisotopic (exact) mass is 450 g/mol. The van der Waals surface area contributed by atoms with Crippen LogP contribution in [-0.4, -0.2) is 41.8 Å². The number of amides is 2. The summed E-state index contributed by atoms with van der Waals surface area (Å²) in [5.41, 5.74) is 6.33. The van der Waals surface area contributed by atoms with E-state index in [1.807, 2.05) is 24.3 Å². The minimum absolute atomic E-state index is 0.00868. The number of rotatable bonds is 7. The Bertz CT molecular complexity index is 1070. The molecule has 2 fully saturated rings. The number of aliphatic carboxylic acids is 1. The summed E-state index contributed by atoms with van der Waals surface area (Å²) in [5, 5.41) is 11.8. The van der Waals surface area contributed by atoms with E-state index in [1.165, 1.54) is 18.1 Å². The van der Waals surface area contributed by atoms with Crippen LogP contribution in [0.3, 0.4) is 0 Å². The molecule has 0 spiro atoms. The molecule has 8 heteroatoms. The van der Waals surface area contributed by atoms with Crippen LogP contribution in [0.25, 0.3) is 11.1 Å². The highest BCUT2D eigenvalue weighted by Gasteiger charge is 2.65. The van der Waals surface area contributed by atoms with Gasteiger partial charge in [-0.05, 0) is 54.4 Å². The molecule has 3 aliphatic rings. The predicted octanol–water partition coefficient (Wildman–Crippen LogP) is 3.21. The zero-order valence-electron chi connectivity index (χ0n) is 18.2. The Labute approximate surface area is 191 Å². The minimum atomic E-state index is -1.15. The van der Waals surface area contributed by atoms with Gasteiger partial charge in [0, 0.05) is 12.0 Å². The lowest BCUT2D eigenvalue weighted by Crippen LogP contribution is -2.40. The minimum Gasteiger partial charge on any atom is -0.479 e. The van der Waals surface area contributed by atoms with E-state index < -0.39 is 23.6 Å². The van der Waals surface area contributed by atoms with Gasteiger partial charge in [0.25, 0.3) is 0 Å². The fraction of sp³-hybridized carbons (Fsp3) is 0.400. The molecule has 0 saturated heterocycles. The Hall–Kier alpha value is -3.39. The summed E-state index contributed by atoms with van der Waals surface area (Å²) in [7, 11) is 0. The molecule has 4 atom stereocenters. The van der Waals surface area contributed by atoms with Crippen LogP contribution in [-0.2, 0) is 19.2 Å². The molecule has 8 nitrogen and oxygen atoms in total. The average molecular weight is 450 g/mol. The van der Waals surface area contributed by atoms with Crippen molar-refractivity contribution in [2.45, 2.75) is 44.2 Å². The third-order valence-electron chi connectivity index (χ3n) is 7.21. The van der Waals surface area contributed by atoms with Gasteiger partial charge in [-0.3, -0.25) is 9.63 Å². The molecule has 2 aromatic rings. The number of hydrogen-bond acceptors (Lipinski definition) is 5. The quantitative estimate of drug-likeness (QED) is 0.558. The molecular formula is C25H26N2O6. The molecule has 0 aromatic heterocycles. The first-order valence-corrected chi connectivity index (χ1v) is 11.2. The molecule has 0 radical (unpaired) electrons. The summed E-state index contributed by atoms with van der Waals surface area (Å²) in [6.45, 7) is 1.59. The maximum absolute atomic E-state index is 12.5. The number of ether oxygens (including phenoxy) is 1. The molecule has 3 aliphatic carbocycles. The number of hydroxylamine groups is 1. The molecule has 3 N–H and O–H groups in total. The van der Waals surface area contributed by atoms with Gasteiger partial charge >= 0.3 is 12.1 Å². The summed E-state index contributed by atoms with van der Waals surface area (Å²) >= 11 is 0. The van der Waals surface area contributed by atoms with E-state index in [-0.39, 0.29) is 30.4 Å². The van der Waals surface area contributed by atoms with Gasteiger partial charge in [-0.25, -0.2) is 15.1 Å². The molecule has 33 heavy (non-hydrogen) atoms. The summed E-state index contributed by atoms with van der Waals surface area (Å²) in [6, 6.07) is 16.2. The highest BCUT2D eigenvalue weighted by molar-refractivity contribution is 5.86. The lowest BCUT2D eigenvalue weighted by molar-refractivity contribution is -0.160. The Morgan fingerprint density at radius 3 is 2.33 bits per heavy atom. The third kappa shape index (κ3) is 3.84. The van der Waals surface area contributed by atoms with Gasteiger partial charge in [0.15, 0.2) is 6.10 Å². The Morgan fingerprint density at radius 1 is 1.06 bits per heavy atom. The van der Waals surface area contributed by atoms with E-state index in [2.05, 4.69) is 35.1 Å². The highest BCUT2D eigenvalue weighted by atomic mass is 16.7. The van der Waals surface area contributed by atoms with Crippen LogP contribution in [0, 0.1) is 11.3 Å². The summed E-state index contributed by atoms with van der Waals surface area (Å²) in [6.07, 6.45) is 0.269. The van der Waals surface area contributed by atoms with Crippen molar-refractivity contribution in [2.75, 3.05) is 6.61 Å². The molecule has 0 aliphatic heterocycles. The van der Waals surface area contributed by atoms with Gasteiger partial charge in [-0.1, -0.05) is 48.5 Å². The number of carbonyl (C=O) groups excluding carboxylic acids is 2. The summed E-state index contributed by atoms with van der Waals surface area (Å²) in [5.74, 6) is -1.33. The highest BCUT2D eigenvalue weighted by Crippen LogP contribution is 2.63. The van der Waals surface area contributed by atoms with Crippen LogP contribution in [0.2, 0.25) is 0 Å². The molecule has 2 aromatic carbocycles. The van der Waals surface area contributed by atoms with Crippen LogP contribution in [0.1, 0.15) is 43.2 Å². The lowest BCUT2D eigenvalue weighted by atomic mass is 9.98. The van der Waals surface area contributed by atoms with Gasteiger partial charge in [0.1, 0.15) is 6.61 Å². The topological polar surface area (TPSA) is 114 Å². The van der Waals surface area contributed by atoms with Crippen LogP contribution < -0.4 is 10.8 Å². The van der Waals surface area contributed by atoms with Crippen LogP contribution in [0.4, 0.5) is 4.79 Å². The Morgan fingerprint density at radius 2 is 1.70 bits per heavy atom. The van der Waals surface area contributed by atoms with Gasteiger partial charge in [-0.2, -0.15) is 0 Å². The van der Waals surface area contributed by atoms with Crippen molar-refractivity contribution in [1.82, 2.24) is 10.8 Å². The third-order valence-corrected chi connectivity index (χ3v) is 7.21. The van der Waals surface area contributed by atoms with Crippen molar-refractivity contribution in [3.05, 3.63) is 59.7 Å². The van der Waals surface area contributed by atoms with Crippen molar-refractivity contribution in [3.8, 4) is 11.1 Å². The first-order chi connectivity index (χ1) is 15.9. The summed E-state index contributed by atoms with van der Waals surface area (Å²) < 4.78 is 5.61. The van der Waals surface area contributed by atoms with Crippen molar-refractivity contribution in [3.63, 3.8) is 0 Å². The molecule has 2 amide bonds. The largest absolute Gasteiger partial charge is 0.479 e. The zero-order valence-corrected chi connectivity index (χ0v) is 18.2. The maximum Gasteiger partial charge on any atom is 0.407 e. The number of carbonyl (C=O) groups is 3. The van der Waals surface area contributed by atoms with E-state index in [4.69, 9.17) is 14.7 Å². The fourth-order valence-electron chi connectivity index (χ4n) is 5.39. The van der Waals surface area contributed by atoms with E-state index in [9.17, 15) is 14.4 Å². The molecule has 172 valence electrons. The maximum atomic E-state index is 12.5. The lowest BCUT2D eigenvalue weighted by Gasteiger charge is -2.19. The number of carboxylic acid groups (broad SMARTS) is 1. The number of fused-ring (bicyclic) bond motifs is 4. The normalized spacial score (nSPS) is 25.4. The second-order valence-electron chi connectivity index (χ2n) is 9.19. The molecule has 0 bridgehead atoms. The van der Waals surface area contributed by atoms with Crippen molar-refractivity contribution < 1.29 is 29.1 Å². The first kappa shape index (κ1) is 21.5. The van der Waals surface area contributed by atoms with Gasteiger partial charge in [0.2, 0.25) is 5.91 Å².